The summed E-state index contributed by atoms with van der Waals surface area (Å²) in [7, 11) is 0. The van der Waals surface area contributed by atoms with Crippen molar-refractivity contribution in [1.82, 2.24) is 0 Å². The second-order valence-corrected chi connectivity index (χ2v) is 5.36. The molecular weight excluding hydrogens is 268 g/mol. The first-order chi connectivity index (χ1) is 9.97. The van der Waals surface area contributed by atoms with Crippen molar-refractivity contribution in [3.05, 3.63) is 57.7 Å². The van der Waals surface area contributed by atoms with Gasteiger partial charge in [0.05, 0.1) is 16.3 Å². The van der Waals surface area contributed by atoms with Gasteiger partial charge in [0, 0.05) is 0 Å². The van der Waals surface area contributed by atoms with Gasteiger partial charge in [-0.2, -0.15) is 0 Å². The molecule has 1 heterocycles. The molecule has 0 radical (unpaired) electrons. The summed E-state index contributed by atoms with van der Waals surface area (Å²) in [6.07, 6.45) is 0. The molecule has 1 N–H and O–H groups in total. The number of carboxylic acid groups (broad SMARTS) is 1. The van der Waals surface area contributed by atoms with Crippen molar-refractivity contribution in [3.8, 4) is 0 Å². The van der Waals surface area contributed by atoms with Gasteiger partial charge >= 0.3 is 5.97 Å². The van der Waals surface area contributed by atoms with Crippen molar-refractivity contribution in [2.75, 3.05) is 0 Å². The van der Waals surface area contributed by atoms with Crippen LogP contribution in [-0.4, -0.2) is 11.1 Å². The van der Waals surface area contributed by atoms with Gasteiger partial charge in [-0.05, 0) is 41.8 Å². The molecule has 0 aliphatic rings. The van der Waals surface area contributed by atoms with E-state index in [-0.39, 0.29) is 11.0 Å². The van der Waals surface area contributed by atoms with Crippen molar-refractivity contribution in [2.24, 2.45) is 0 Å². The highest BCUT2D eigenvalue weighted by atomic mass is 16.4. The summed E-state index contributed by atoms with van der Waals surface area (Å²) in [6.45, 7) is 4.14. The Morgan fingerprint density at radius 2 is 1.81 bits per heavy atom. The highest BCUT2D eigenvalue weighted by Gasteiger charge is 2.12. The number of carbonyl (C=O) groups is 1. The summed E-state index contributed by atoms with van der Waals surface area (Å²) in [4.78, 5) is 23.5. The third-order valence-electron chi connectivity index (χ3n) is 3.61. The molecule has 106 valence electrons. The maximum Gasteiger partial charge on any atom is 0.335 e. The van der Waals surface area contributed by atoms with Gasteiger partial charge in [0.2, 0.25) is 5.43 Å². The van der Waals surface area contributed by atoms with E-state index in [2.05, 4.69) is 13.8 Å². The average molecular weight is 282 g/mol. The van der Waals surface area contributed by atoms with Gasteiger partial charge in [-0.25, -0.2) is 4.79 Å². The van der Waals surface area contributed by atoms with Crippen LogP contribution in [0.3, 0.4) is 0 Å². The van der Waals surface area contributed by atoms with Crippen LogP contribution >= 0.6 is 0 Å². The van der Waals surface area contributed by atoms with Crippen molar-refractivity contribution < 1.29 is 14.3 Å². The predicted octanol–water partition coefficient (Wildman–Crippen LogP) is 3.77. The molecule has 2 aromatic carbocycles. The highest BCUT2D eigenvalue weighted by Crippen LogP contribution is 2.23. The van der Waals surface area contributed by atoms with E-state index in [4.69, 9.17) is 9.52 Å². The molecule has 0 fully saturated rings. The van der Waals surface area contributed by atoms with Crippen LogP contribution in [0.15, 0.2) is 45.6 Å². The fourth-order valence-corrected chi connectivity index (χ4v) is 2.36. The third-order valence-corrected chi connectivity index (χ3v) is 3.61. The molecule has 0 saturated heterocycles. The molecule has 0 saturated carbocycles. The monoisotopic (exact) mass is 282 g/mol. The molecule has 4 heteroatoms. The van der Waals surface area contributed by atoms with Crippen LogP contribution in [0.25, 0.3) is 21.9 Å². The zero-order valence-electron chi connectivity index (χ0n) is 11.7. The maximum absolute atomic E-state index is 12.5. The van der Waals surface area contributed by atoms with Crippen LogP contribution in [-0.2, 0) is 0 Å². The molecule has 0 spiro atoms. The number of carboxylic acids is 1. The zero-order chi connectivity index (χ0) is 15.1. The third kappa shape index (κ3) is 2.18. The summed E-state index contributed by atoms with van der Waals surface area (Å²) in [5.41, 5.74) is 1.89. The number of aromatic carboxylic acids is 1. The highest BCUT2D eigenvalue weighted by molar-refractivity contribution is 5.96. The Bertz CT molecular complexity index is 919. The second kappa shape index (κ2) is 4.74. The molecule has 3 rings (SSSR count). The first-order valence-electron chi connectivity index (χ1n) is 6.71. The van der Waals surface area contributed by atoms with Crippen LogP contribution in [0.2, 0.25) is 0 Å². The van der Waals surface area contributed by atoms with Crippen LogP contribution in [0.5, 0.6) is 0 Å². The lowest BCUT2D eigenvalue weighted by molar-refractivity contribution is 0.0697. The molecule has 0 aliphatic heterocycles. The summed E-state index contributed by atoms with van der Waals surface area (Å²) in [5, 5.41) is 9.77. The number of rotatable bonds is 2. The summed E-state index contributed by atoms with van der Waals surface area (Å²) in [5.74, 6) is -0.726. The van der Waals surface area contributed by atoms with E-state index in [1.165, 1.54) is 18.2 Å². The molecule has 0 unspecified atom stereocenters. The Morgan fingerprint density at radius 3 is 2.48 bits per heavy atom. The van der Waals surface area contributed by atoms with E-state index in [0.29, 0.717) is 27.9 Å². The molecule has 0 amide bonds. The molecule has 1 aromatic heterocycles. The van der Waals surface area contributed by atoms with Crippen molar-refractivity contribution in [1.29, 1.82) is 0 Å². The molecule has 3 aromatic rings. The molecule has 4 nitrogen and oxygen atoms in total. The average Bonchev–Trinajstić information content (AvgIpc) is 2.46. The fraction of sp³-hybridized carbons (Fsp3) is 0.176. The van der Waals surface area contributed by atoms with Gasteiger partial charge in [0.1, 0.15) is 11.2 Å². The first-order valence-corrected chi connectivity index (χ1v) is 6.71. The number of fused-ring (bicyclic) bond motifs is 2. The lowest BCUT2D eigenvalue weighted by atomic mass is 10.0. The second-order valence-electron chi connectivity index (χ2n) is 5.36. The minimum absolute atomic E-state index is 0.0768. The van der Waals surface area contributed by atoms with Crippen LogP contribution in [0, 0.1) is 0 Å². The lowest BCUT2D eigenvalue weighted by Crippen LogP contribution is -2.05. The Hall–Kier alpha value is -2.62. The topological polar surface area (TPSA) is 67.5 Å². The van der Waals surface area contributed by atoms with Crippen LogP contribution in [0.4, 0.5) is 0 Å². The van der Waals surface area contributed by atoms with Crippen LogP contribution in [0.1, 0.15) is 35.7 Å². The Labute approximate surface area is 120 Å². The van der Waals surface area contributed by atoms with Crippen molar-refractivity contribution in [2.45, 2.75) is 19.8 Å². The van der Waals surface area contributed by atoms with E-state index in [1.54, 1.807) is 6.07 Å². The quantitative estimate of drug-likeness (QED) is 0.726. The molecule has 0 atom stereocenters. The van der Waals surface area contributed by atoms with E-state index >= 15 is 0 Å². The number of hydrogen-bond donors (Lipinski definition) is 1. The number of benzene rings is 2. The maximum atomic E-state index is 12.5. The lowest BCUT2D eigenvalue weighted by Gasteiger charge is -2.07. The van der Waals surface area contributed by atoms with Gasteiger partial charge < -0.3 is 9.52 Å². The largest absolute Gasteiger partial charge is 0.478 e. The zero-order valence-corrected chi connectivity index (χ0v) is 11.7. The Balaban J connectivity index is 2.37. The minimum Gasteiger partial charge on any atom is -0.478 e. The smallest absolute Gasteiger partial charge is 0.335 e. The Kier molecular flexibility index (Phi) is 3.01. The van der Waals surface area contributed by atoms with Crippen molar-refractivity contribution >= 4 is 27.9 Å². The van der Waals surface area contributed by atoms with E-state index in [1.807, 2.05) is 12.1 Å². The first kappa shape index (κ1) is 13.4. The van der Waals surface area contributed by atoms with Gasteiger partial charge in [-0.1, -0.05) is 19.9 Å². The standard InChI is InChI=1S/C17H14O4/c1-9(2)10-3-5-12-15(8-10)21-14-6-4-11(17(19)20)7-13(14)16(12)18/h3-9H,1-2H3,(H,19,20). The SMILES string of the molecule is CC(C)c1ccc2c(=O)c3cc(C(=O)O)ccc3oc2c1. The van der Waals surface area contributed by atoms with E-state index in [9.17, 15) is 9.59 Å². The van der Waals surface area contributed by atoms with Crippen molar-refractivity contribution in [3.63, 3.8) is 0 Å². The van der Waals surface area contributed by atoms with Gasteiger partial charge in [-0.3, -0.25) is 4.79 Å². The van der Waals surface area contributed by atoms with Crippen LogP contribution < -0.4 is 5.43 Å². The summed E-state index contributed by atoms with van der Waals surface area (Å²) >= 11 is 0. The predicted molar refractivity (Wildman–Crippen MR) is 81.0 cm³/mol. The minimum atomic E-state index is -1.06. The molecule has 21 heavy (non-hydrogen) atoms. The van der Waals surface area contributed by atoms with E-state index in [0.717, 1.165) is 5.56 Å². The summed E-state index contributed by atoms with van der Waals surface area (Å²) < 4.78 is 5.76. The fourth-order valence-electron chi connectivity index (χ4n) is 2.36. The van der Waals surface area contributed by atoms with Gasteiger partial charge in [0.25, 0.3) is 0 Å². The van der Waals surface area contributed by atoms with Gasteiger partial charge in [-0.15, -0.1) is 0 Å². The Morgan fingerprint density at radius 1 is 1.05 bits per heavy atom. The number of hydrogen-bond acceptors (Lipinski definition) is 3. The molecule has 0 aliphatic carbocycles. The van der Waals surface area contributed by atoms with E-state index < -0.39 is 5.97 Å². The molecular formula is C17H14O4. The normalized spacial score (nSPS) is 11.4. The summed E-state index contributed by atoms with van der Waals surface area (Å²) in [6, 6.07) is 9.83. The molecule has 0 bridgehead atoms. The van der Waals surface area contributed by atoms with Gasteiger partial charge in [0.15, 0.2) is 0 Å².